The summed E-state index contributed by atoms with van der Waals surface area (Å²) in [7, 11) is 0. The van der Waals surface area contributed by atoms with E-state index < -0.39 is 0 Å². The molecule has 2 aromatic rings. The first-order valence-corrected chi connectivity index (χ1v) is 7.23. The lowest BCUT2D eigenvalue weighted by molar-refractivity contribution is -0.115. The molecular weight excluding hydrogens is 256 g/mol. The molecule has 0 radical (unpaired) electrons. The summed E-state index contributed by atoms with van der Waals surface area (Å²) in [5, 5.41) is 3.00. The maximum absolute atomic E-state index is 12.1. The largest absolute Gasteiger partial charge is 0.326 e. The summed E-state index contributed by atoms with van der Waals surface area (Å²) in [6, 6.07) is 7.95. The second kappa shape index (κ2) is 5.97. The number of benzene rings is 1. The Hall–Kier alpha value is -1.68. The molecule has 4 heteroatoms. The van der Waals surface area contributed by atoms with Gasteiger partial charge in [0.2, 0.25) is 5.91 Å². The van der Waals surface area contributed by atoms with E-state index in [2.05, 4.69) is 30.2 Å². The molecule has 0 bridgehead atoms. The first-order valence-electron chi connectivity index (χ1n) is 6.35. The molecule has 1 aromatic heterocycles. The minimum Gasteiger partial charge on any atom is -0.326 e. The zero-order valence-electron chi connectivity index (χ0n) is 11.4. The molecular formula is C15H18N2OS. The smallest absolute Gasteiger partial charge is 0.229 e. The van der Waals surface area contributed by atoms with Gasteiger partial charge in [-0.15, -0.1) is 11.3 Å². The normalized spacial score (nSPS) is 10.7. The summed E-state index contributed by atoms with van der Waals surface area (Å²) in [6.45, 7) is 6.18. The molecule has 0 aliphatic carbocycles. The van der Waals surface area contributed by atoms with Crippen molar-refractivity contribution in [2.45, 2.75) is 33.1 Å². The van der Waals surface area contributed by atoms with Crippen molar-refractivity contribution in [1.29, 1.82) is 0 Å². The van der Waals surface area contributed by atoms with Crippen molar-refractivity contribution in [1.82, 2.24) is 4.98 Å². The Kier molecular flexibility index (Phi) is 4.32. The third-order valence-corrected chi connectivity index (χ3v) is 3.96. The molecule has 100 valence electrons. The van der Waals surface area contributed by atoms with Gasteiger partial charge in [0, 0.05) is 10.6 Å². The molecule has 0 spiro atoms. The van der Waals surface area contributed by atoms with E-state index in [0.29, 0.717) is 12.3 Å². The maximum Gasteiger partial charge on any atom is 0.229 e. The Morgan fingerprint density at radius 1 is 1.37 bits per heavy atom. The minimum absolute atomic E-state index is 0.0143. The van der Waals surface area contributed by atoms with Crippen molar-refractivity contribution in [2.75, 3.05) is 5.32 Å². The number of thiazole rings is 1. The predicted molar refractivity (Wildman–Crippen MR) is 79.7 cm³/mol. The number of nitrogens with one attached hydrogen (secondary N) is 1. The fourth-order valence-electron chi connectivity index (χ4n) is 1.95. The number of nitrogens with zero attached hydrogens (tertiary/aromatic N) is 1. The Morgan fingerprint density at radius 3 is 2.74 bits per heavy atom. The van der Waals surface area contributed by atoms with E-state index in [1.54, 1.807) is 5.51 Å². The van der Waals surface area contributed by atoms with Crippen LogP contribution in [0.15, 0.2) is 29.8 Å². The molecule has 0 saturated carbocycles. The van der Waals surface area contributed by atoms with E-state index in [9.17, 15) is 4.79 Å². The van der Waals surface area contributed by atoms with Crippen LogP contribution >= 0.6 is 11.3 Å². The number of para-hydroxylation sites is 1. The van der Waals surface area contributed by atoms with E-state index in [1.165, 1.54) is 11.3 Å². The lowest BCUT2D eigenvalue weighted by atomic mass is 10.0. The SMILES string of the molecule is Cc1ncsc1CC(=O)Nc1ccccc1C(C)C. The molecule has 1 amide bonds. The summed E-state index contributed by atoms with van der Waals surface area (Å²) in [6.07, 6.45) is 0.392. The van der Waals surface area contributed by atoms with Crippen LogP contribution in [0.5, 0.6) is 0 Å². The number of amides is 1. The van der Waals surface area contributed by atoms with Gasteiger partial charge < -0.3 is 5.32 Å². The molecule has 3 nitrogen and oxygen atoms in total. The van der Waals surface area contributed by atoms with E-state index in [4.69, 9.17) is 0 Å². The topological polar surface area (TPSA) is 42.0 Å². The maximum atomic E-state index is 12.1. The molecule has 0 saturated heterocycles. The highest BCUT2D eigenvalue weighted by molar-refractivity contribution is 7.09. The van der Waals surface area contributed by atoms with Crippen LogP contribution in [0.3, 0.4) is 0 Å². The van der Waals surface area contributed by atoms with Crippen molar-refractivity contribution in [3.8, 4) is 0 Å². The Labute approximate surface area is 117 Å². The summed E-state index contributed by atoms with van der Waals surface area (Å²) in [4.78, 5) is 17.3. The highest BCUT2D eigenvalue weighted by Crippen LogP contribution is 2.24. The Balaban J connectivity index is 2.09. The van der Waals surface area contributed by atoms with Crippen LogP contribution in [0.25, 0.3) is 0 Å². The van der Waals surface area contributed by atoms with E-state index >= 15 is 0 Å². The van der Waals surface area contributed by atoms with Crippen LogP contribution in [-0.2, 0) is 11.2 Å². The molecule has 1 N–H and O–H groups in total. The van der Waals surface area contributed by atoms with Gasteiger partial charge in [-0.05, 0) is 24.5 Å². The minimum atomic E-state index is 0.0143. The molecule has 0 aliphatic heterocycles. The standard InChI is InChI=1S/C15H18N2OS/c1-10(2)12-6-4-5-7-13(12)17-15(18)8-14-11(3)16-9-19-14/h4-7,9-10H,8H2,1-3H3,(H,17,18). The molecule has 0 unspecified atom stereocenters. The van der Waals surface area contributed by atoms with Gasteiger partial charge in [0.25, 0.3) is 0 Å². The average molecular weight is 274 g/mol. The molecule has 2 rings (SSSR count). The first kappa shape index (κ1) is 13.7. The second-order valence-corrected chi connectivity index (χ2v) is 5.77. The molecule has 0 atom stereocenters. The van der Waals surface area contributed by atoms with E-state index in [-0.39, 0.29) is 5.91 Å². The van der Waals surface area contributed by atoms with Crippen molar-refractivity contribution < 1.29 is 4.79 Å². The number of hydrogen-bond acceptors (Lipinski definition) is 3. The molecule has 0 aliphatic rings. The highest BCUT2D eigenvalue weighted by Gasteiger charge is 2.11. The van der Waals surface area contributed by atoms with Crippen LogP contribution in [-0.4, -0.2) is 10.9 Å². The second-order valence-electron chi connectivity index (χ2n) is 4.83. The van der Waals surface area contributed by atoms with E-state index in [1.807, 2.05) is 25.1 Å². The average Bonchev–Trinajstić information content (AvgIpc) is 2.75. The summed E-state index contributed by atoms with van der Waals surface area (Å²) < 4.78 is 0. The third-order valence-electron chi connectivity index (χ3n) is 3.02. The number of hydrogen-bond donors (Lipinski definition) is 1. The molecule has 0 fully saturated rings. The number of anilines is 1. The van der Waals surface area contributed by atoms with Gasteiger partial charge in [-0.25, -0.2) is 4.98 Å². The van der Waals surface area contributed by atoms with Gasteiger partial charge in [0.05, 0.1) is 17.6 Å². The fourth-order valence-corrected chi connectivity index (χ4v) is 2.73. The third kappa shape index (κ3) is 3.41. The van der Waals surface area contributed by atoms with Crippen LogP contribution < -0.4 is 5.32 Å². The molecule has 19 heavy (non-hydrogen) atoms. The lowest BCUT2D eigenvalue weighted by Gasteiger charge is -2.13. The van der Waals surface area contributed by atoms with Crippen LogP contribution in [0.1, 0.15) is 35.9 Å². The summed E-state index contributed by atoms with van der Waals surface area (Å²) in [5.41, 5.74) is 4.79. The zero-order valence-corrected chi connectivity index (χ0v) is 12.3. The van der Waals surface area contributed by atoms with Gasteiger partial charge in [-0.2, -0.15) is 0 Å². The number of aromatic nitrogens is 1. The van der Waals surface area contributed by atoms with Gasteiger partial charge >= 0.3 is 0 Å². The number of carbonyl (C=O) groups is 1. The van der Waals surface area contributed by atoms with Crippen molar-refractivity contribution >= 4 is 22.9 Å². The number of carbonyl (C=O) groups excluding carboxylic acids is 1. The van der Waals surface area contributed by atoms with Crippen LogP contribution in [0.4, 0.5) is 5.69 Å². The monoisotopic (exact) mass is 274 g/mol. The Bertz CT molecular complexity index is 575. The first-order chi connectivity index (χ1) is 9.08. The van der Waals surface area contributed by atoms with Gasteiger partial charge in [-0.3, -0.25) is 4.79 Å². The van der Waals surface area contributed by atoms with Crippen LogP contribution in [0.2, 0.25) is 0 Å². The fraction of sp³-hybridized carbons (Fsp3) is 0.333. The van der Waals surface area contributed by atoms with Crippen molar-refractivity contribution in [3.05, 3.63) is 45.9 Å². The lowest BCUT2D eigenvalue weighted by Crippen LogP contribution is -2.15. The van der Waals surface area contributed by atoms with E-state index in [0.717, 1.165) is 21.8 Å². The number of aryl methyl sites for hydroxylation is 1. The highest BCUT2D eigenvalue weighted by atomic mass is 32.1. The Morgan fingerprint density at radius 2 is 2.11 bits per heavy atom. The van der Waals surface area contributed by atoms with Gasteiger partial charge in [0.1, 0.15) is 0 Å². The summed E-state index contributed by atoms with van der Waals surface area (Å²) >= 11 is 1.53. The number of rotatable bonds is 4. The van der Waals surface area contributed by atoms with Crippen molar-refractivity contribution in [3.63, 3.8) is 0 Å². The zero-order chi connectivity index (χ0) is 13.8. The molecule has 1 heterocycles. The van der Waals surface area contributed by atoms with Crippen LogP contribution in [0, 0.1) is 6.92 Å². The van der Waals surface area contributed by atoms with Crippen molar-refractivity contribution in [2.24, 2.45) is 0 Å². The van der Waals surface area contributed by atoms with Gasteiger partial charge in [-0.1, -0.05) is 32.0 Å². The summed E-state index contributed by atoms with van der Waals surface area (Å²) in [5.74, 6) is 0.405. The quantitative estimate of drug-likeness (QED) is 0.922. The predicted octanol–water partition coefficient (Wildman–Crippen LogP) is 3.76. The van der Waals surface area contributed by atoms with Gasteiger partial charge in [0.15, 0.2) is 0 Å². The molecule has 1 aromatic carbocycles.